The number of nitrogens with zero attached hydrogens (tertiary/aromatic N) is 3. The average Bonchev–Trinajstić information content (AvgIpc) is 4.02. The number of carboxylic acid groups (broad SMARTS) is 1. The zero-order valence-electron chi connectivity index (χ0n) is 38.7. The normalized spacial score (nSPS) is 25.5. The largest absolute Gasteiger partial charge is 0.508 e. The topological polar surface area (TPSA) is 300 Å². The lowest BCUT2D eigenvalue weighted by Gasteiger charge is -2.57. The molecule has 4 heterocycles. The summed E-state index contributed by atoms with van der Waals surface area (Å²) >= 11 is 0. The van der Waals surface area contributed by atoms with E-state index in [9.17, 15) is 45.6 Å². The van der Waals surface area contributed by atoms with Crippen LogP contribution in [0, 0.1) is 5.92 Å². The number of hydrogen-bond acceptors (Lipinski definition) is 16. The first-order chi connectivity index (χ1) is 34.0. The molecule has 370 valence electrons. The van der Waals surface area contributed by atoms with Crippen molar-refractivity contribution >= 4 is 41.0 Å². The summed E-state index contributed by atoms with van der Waals surface area (Å²) in [6, 6.07) is 20.1. The number of aliphatic hydroxyl groups excluding tert-OH is 3. The first kappa shape index (κ1) is 48.5. The number of fused-ring (bicyclic) bond motifs is 3. The summed E-state index contributed by atoms with van der Waals surface area (Å²) in [6.45, 7) is 3.80. The van der Waals surface area contributed by atoms with Crippen LogP contribution in [0.3, 0.4) is 0 Å². The quantitative estimate of drug-likeness (QED) is 0.0640. The van der Waals surface area contributed by atoms with E-state index in [4.69, 9.17) is 29.1 Å². The van der Waals surface area contributed by atoms with Gasteiger partial charge in [-0.05, 0) is 95.6 Å². The number of nitrogens with one attached hydrogen (secondary N) is 1. The molecule has 4 aromatic carbocycles. The fourth-order valence-electron chi connectivity index (χ4n) is 9.50. The predicted octanol–water partition coefficient (Wildman–Crippen LogP) is 3.29. The van der Waals surface area contributed by atoms with Crippen LogP contribution in [0.1, 0.15) is 54.2 Å². The molecule has 9 rings (SSSR count). The van der Waals surface area contributed by atoms with Crippen molar-refractivity contribution in [1.82, 2.24) is 0 Å². The zero-order chi connectivity index (χ0) is 50.2. The zero-order valence-corrected chi connectivity index (χ0v) is 38.7. The monoisotopic (exact) mass is 972 g/mol. The van der Waals surface area contributed by atoms with Gasteiger partial charge in [0.05, 0.1) is 30.9 Å². The fourth-order valence-corrected chi connectivity index (χ4v) is 9.50. The number of nitrogens with two attached hydrogens (primary N) is 1. The van der Waals surface area contributed by atoms with Gasteiger partial charge in [-0.15, -0.1) is 0 Å². The lowest BCUT2D eigenvalue weighted by Crippen LogP contribution is -2.79. The smallest absolute Gasteiger partial charge is 0.336 e. The number of phenolic OH excluding ortho intramolecular Hbond substituents is 2. The second-order valence-corrected chi connectivity index (χ2v) is 18.0. The summed E-state index contributed by atoms with van der Waals surface area (Å²) in [7, 11) is 0. The number of ether oxygens (including phenoxy) is 5. The second kappa shape index (κ2) is 19.7. The minimum absolute atomic E-state index is 0.00233. The maximum Gasteiger partial charge on any atom is 0.336 e. The van der Waals surface area contributed by atoms with E-state index in [1.807, 2.05) is 13.0 Å². The highest BCUT2D eigenvalue weighted by Crippen LogP contribution is 2.54. The molecule has 71 heavy (non-hydrogen) atoms. The summed E-state index contributed by atoms with van der Waals surface area (Å²) in [5, 5.41) is 101. The van der Waals surface area contributed by atoms with Gasteiger partial charge in [-0.1, -0.05) is 42.8 Å². The molecule has 4 aliphatic heterocycles. The molecule has 4 aromatic rings. The molecule has 0 spiro atoms. The number of aryl methyl sites for hydroxylation is 1. The van der Waals surface area contributed by atoms with Crippen molar-refractivity contribution in [3.63, 3.8) is 0 Å². The highest BCUT2D eigenvalue weighted by Gasteiger charge is 2.71. The van der Waals surface area contributed by atoms with E-state index in [1.54, 1.807) is 73.7 Å². The standard InChI is InChI=1S/C52H53N5O14/c1-3-28-15-30(19-35(59)18-28)25-68-46-41(21-40-43(45(46)61)38(60)20-39(69-40)31-7-10-36(11-8-31)67-14-13-33-9-12-42(53)57-33)70-50-51(65)22-32(16-29-5-4-6-34(17-29)55-23-27(2)58)44(37-24-54-26-56-37)52(66,49(51)64)47(71-50)48(62)63/h4-12,15,17-22,26-27,39,44,47,49-50,53,55,58-61,64-66H,3,13-14,16,23-25H2,1-2H3,(H,62,63)/p+1/t27-,39?,44+,47+,49-,50+,51+,52+/m0/s1. The van der Waals surface area contributed by atoms with Crippen LogP contribution in [0.25, 0.3) is 5.76 Å². The molecule has 8 atom stereocenters. The van der Waals surface area contributed by atoms with Crippen LogP contribution in [0.5, 0.6) is 34.5 Å². The van der Waals surface area contributed by atoms with Crippen molar-refractivity contribution in [2.24, 2.45) is 20.9 Å². The number of rotatable bonds is 18. The number of anilines is 1. The summed E-state index contributed by atoms with van der Waals surface area (Å²) in [4.78, 5) is 26.0. The van der Waals surface area contributed by atoms with Crippen molar-refractivity contribution in [3.8, 4) is 34.5 Å². The van der Waals surface area contributed by atoms with E-state index in [1.165, 1.54) is 30.6 Å². The third kappa shape index (κ3) is 9.69. The number of hydrogen-bond donors (Lipinski definition) is 10. The van der Waals surface area contributed by atoms with Gasteiger partial charge in [0.1, 0.15) is 59.3 Å². The minimum Gasteiger partial charge on any atom is -0.508 e. The van der Waals surface area contributed by atoms with Gasteiger partial charge in [0.2, 0.25) is 12.0 Å². The Balaban J connectivity index is 1.09. The Bertz CT molecular complexity index is 2930. The van der Waals surface area contributed by atoms with Gasteiger partial charge in [0.25, 0.3) is 0 Å². The molecule has 0 radical (unpaired) electrons. The van der Waals surface area contributed by atoms with E-state index < -0.39 is 76.8 Å². The third-order valence-corrected chi connectivity index (χ3v) is 12.9. The summed E-state index contributed by atoms with van der Waals surface area (Å²) in [6.07, 6.45) is 0.263. The highest BCUT2D eigenvalue weighted by atomic mass is 16.7. The molecule has 19 heteroatoms. The highest BCUT2D eigenvalue weighted by molar-refractivity contribution is 6.13. The van der Waals surface area contributed by atoms with Crippen molar-refractivity contribution in [3.05, 3.63) is 130 Å². The number of aromatic hydroxyl groups is 2. The fraction of sp³-hybridized carbons (Fsp3) is 0.327. The molecule has 11 N–H and O–H groups in total. The molecular formula is C52H54N5O14+. The van der Waals surface area contributed by atoms with Gasteiger partial charge in [-0.2, -0.15) is 0 Å². The lowest BCUT2D eigenvalue weighted by atomic mass is 9.60. The molecule has 2 bridgehead atoms. The Hall–Kier alpha value is -7.55. The first-order valence-corrected chi connectivity index (χ1v) is 23.0. The Morgan fingerprint density at radius 2 is 1.79 bits per heavy atom. The number of aliphatic hydroxyl groups is 5. The van der Waals surface area contributed by atoms with Crippen LogP contribution in [-0.2, 0) is 29.0 Å². The number of aliphatic carboxylic acids is 1. The molecular weight excluding hydrogens is 919 g/mol. The molecule has 5 aliphatic rings. The Kier molecular flexibility index (Phi) is 13.4. The molecule has 1 aliphatic carbocycles. The van der Waals surface area contributed by atoms with E-state index in [2.05, 4.69) is 20.3 Å². The van der Waals surface area contributed by atoms with Crippen LogP contribution in [0.15, 0.2) is 118 Å². The number of benzene rings is 4. The Morgan fingerprint density at radius 1 is 1.00 bits per heavy atom. The van der Waals surface area contributed by atoms with Gasteiger partial charge < -0.3 is 69.9 Å². The van der Waals surface area contributed by atoms with Crippen LogP contribution in [-0.4, -0.2) is 126 Å². The number of phenols is 2. The SMILES string of the molecule is CCc1cc(O)cc(COc2c(O[C@@H]3O[C@H](C(=O)O)[C@]4(O)[C@@H](C5=NC=NC5)C(Cc5cccc(NC[C@H](C)O)c5)=C[C@@]3(O)[C@@H]4O)cc3c(c2O)C(O)=CC(c2ccc(OCCC4=NC(=[NH2+])C=C4)cc2)O3)c1. The van der Waals surface area contributed by atoms with Gasteiger partial charge in [-0.3, -0.25) is 10.4 Å². The number of carbonyl (C=O) groups is 1. The van der Waals surface area contributed by atoms with Gasteiger partial charge in [0.15, 0.2) is 28.9 Å². The number of allylic oxidation sites excluding steroid dienone is 1. The second-order valence-electron chi connectivity index (χ2n) is 18.0. The van der Waals surface area contributed by atoms with E-state index in [-0.39, 0.29) is 54.5 Å². The number of aliphatic imine (C=N–C) groups is 3. The van der Waals surface area contributed by atoms with Crippen LogP contribution in [0.4, 0.5) is 5.69 Å². The number of carboxylic acids is 1. The van der Waals surface area contributed by atoms with Gasteiger partial charge in [0, 0.05) is 36.9 Å². The summed E-state index contributed by atoms with van der Waals surface area (Å²) < 4.78 is 30.9. The maximum absolute atomic E-state index is 13.3. The third-order valence-electron chi connectivity index (χ3n) is 12.9. The Labute approximate surface area is 407 Å². The van der Waals surface area contributed by atoms with E-state index in [0.29, 0.717) is 53.4 Å². The summed E-state index contributed by atoms with van der Waals surface area (Å²) in [5.74, 6) is -4.10. The van der Waals surface area contributed by atoms with Crippen molar-refractivity contribution < 1.29 is 74.7 Å². The minimum atomic E-state index is -2.76. The average molecular weight is 973 g/mol. The van der Waals surface area contributed by atoms with Crippen LogP contribution in [0.2, 0.25) is 0 Å². The van der Waals surface area contributed by atoms with Gasteiger partial charge >= 0.3 is 11.8 Å². The predicted molar refractivity (Wildman–Crippen MR) is 259 cm³/mol. The molecule has 19 nitrogen and oxygen atoms in total. The van der Waals surface area contributed by atoms with Crippen molar-refractivity contribution in [1.29, 1.82) is 0 Å². The Morgan fingerprint density at radius 3 is 2.49 bits per heavy atom. The van der Waals surface area contributed by atoms with Crippen LogP contribution >= 0.6 is 0 Å². The van der Waals surface area contributed by atoms with Crippen molar-refractivity contribution in [2.75, 3.05) is 25.0 Å². The van der Waals surface area contributed by atoms with Crippen molar-refractivity contribution in [2.45, 2.75) is 81.6 Å². The molecule has 0 aromatic heterocycles. The maximum atomic E-state index is 13.3. The molecule has 1 unspecified atom stereocenters. The molecule has 1 fully saturated rings. The van der Waals surface area contributed by atoms with Crippen LogP contribution < -0.4 is 29.7 Å². The van der Waals surface area contributed by atoms with Gasteiger partial charge in [-0.25, -0.2) is 9.79 Å². The lowest BCUT2D eigenvalue weighted by molar-refractivity contribution is -0.338. The molecule has 1 saturated heterocycles. The molecule has 0 saturated carbocycles. The van der Waals surface area contributed by atoms with E-state index in [0.717, 1.165) is 11.3 Å². The van der Waals surface area contributed by atoms with E-state index >= 15 is 0 Å². The summed E-state index contributed by atoms with van der Waals surface area (Å²) in [5.41, 5.74) is -1.26. The number of amidine groups is 1. The molecule has 0 amide bonds. The first-order valence-electron chi connectivity index (χ1n) is 23.0.